The van der Waals surface area contributed by atoms with E-state index in [9.17, 15) is 4.79 Å². The number of fused-ring (bicyclic) bond motifs is 1. The Balaban J connectivity index is 1.78. The zero-order chi connectivity index (χ0) is 16.7. The molecule has 0 aliphatic carbocycles. The number of nitrogens with one attached hydrogen (secondary N) is 2. The van der Waals surface area contributed by atoms with Gasteiger partial charge in [-0.2, -0.15) is 0 Å². The number of H-pyrrole nitrogens is 1. The van der Waals surface area contributed by atoms with E-state index in [1.54, 1.807) is 12.3 Å². The maximum Gasteiger partial charge on any atom is 0.230 e. The van der Waals surface area contributed by atoms with Gasteiger partial charge in [0.05, 0.1) is 16.3 Å². The number of hydrogen-bond donors (Lipinski definition) is 2. The quantitative estimate of drug-likeness (QED) is 0.667. The third kappa shape index (κ3) is 5.70. The normalized spacial score (nSPS) is 12.5. The minimum atomic E-state index is 0.0383. The first-order valence-electron chi connectivity index (χ1n) is 8.03. The van der Waals surface area contributed by atoms with Crippen LogP contribution in [0.15, 0.2) is 17.4 Å². The molecule has 5 nitrogen and oxygen atoms in total. The molecule has 2 aromatic heterocycles. The van der Waals surface area contributed by atoms with Crippen molar-refractivity contribution in [3.63, 3.8) is 0 Å². The molecule has 2 aromatic rings. The number of imidazole rings is 1. The first-order chi connectivity index (χ1) is 11.1. The number of carbonyl (C=O) groups is 1. The van der Waals surface area contributed by atoms with Gasteiger partial charge in [-0.15, -0.1) is 0 Å². The van der Waals surface area contributed by atoms with E-state index < -0.39 is 0 Å². The van der Waals surface area contributed by atoms with Crippen molar-refractivity contribution in [2.24, 2.45) is 5.92 Å². The Kier molecular flexibility index (Phi) is 7.17. The molecule has 7 heteroatoms. The van der Waals surface area contributed by atoms with Gasteiger partial charge < -0.3 is 10.3 Å². The molecule has 126 valence electrons. The van der Waals surface area contributed by atoms with E-state index in [2.05, 4.69) is 34.1 Å². The average molecular weight is 355 g/mol. The molecule has 0 spiro atoms. The van der Waals surface area contributed by atoms with Crippen LogP contribution in [0.5, 0.6) is 0 Å². The molecule has 0 radical (unpaired) electrons. The zero-order valence-corrected chi connectivity index (χ0v) is 15.1. The van der Waals surface area contributed by atoms with Crippen molar-refractivity contribution in [2.45, 2.75) is 44.7 Å². The van der Waals surface area contributed by atoms with Crippen LogP contribution in [0.25, 0.3) is 11.2 Å². The van der Waals surface area contributed by atoms with Crippen LogP contribution in [0.4, 0.5) is 0 Å². The van der Waals surface area contributed by atoms with Gasteiger partial charge in [-0.1, -0.05) is 56.5 Å². The largest absolute Gasteiger partial charge is 0.355 e. The average Bonchev–Trinajstić information content (AvgIpc) is 2.95. The number of unbranched alkanes of at least 4 members (excludes halogenated alkanes) is 1. The Morgan fingerprint density at radius 2 is 2.30 bits per heavy atom. The van der Waals surface area contributed by atoms with Crippen LogP contribution in [0.1, 0.15) is 39.5 Å². The van der Waals surface area contributed by atoms with Crippen LogP contribution in [-0.2, 0) is 4.79 Å². The number of rotatable bonds is 9. The second kappa shape index (κ2) is 9.13. The van der Waals surface area contributed by atoms with Crippen LogP contribution in [0, 0.1) is 5.92 Å². The molecular formula is C16H23ClN4OS. The summed E-state index contributed by atoms with van der Waals surface area (Å²) in [5.41, 5.74) is 1.40. The van der Waals surface area contributed by atoms with Gasteiger partial charge in [0.2, 0.25) is 5.91 Å². The number of thioether (sulfide) groups is 1. The third-order valence-electron chi connectivity index (χ3n) is 3.75. The Labute approximate surface area is 146 Å². The summed E-state index contributed by atoms with van der Waals surface area (Å²) in [5, 5.41) is 4.26. The highest BCUT2D eigenvalue weighted by Crippen LogP contribution is 2.20. The lowest BCUT2D eigenvalue weighted by molar-refractivity contribution is -0.118. The molecule has 0 aliphatic heterocycles. The van der Waals surface area contributed by atoms with E-state index in [-0.39, 0.29) is 5.91 Å². The van der Waals surface area contributed by atoms with Crippen LogP contribution < -0.4 is 5.32 Å². The Hall–Kier alpha value is -1.27. The van der Waals surface area contributed by atoms with Crippen molar-refractivity contribution in [1.29, 1.82) is 0 Å². The van der Waals surface area contributed by atoms with Crippen LogP contribution in [0.2, 0.25) is 5.02 Å². The molecule has 23 heavy (non-hydrogen) atoms. The van der Waals surface area contributed by atoms with Gasteiger partial charge in [0.25, 0.3) is 0 Å². The van der Waals surface area contributed by atoms with Gasteiger partial charge in [0.15, 0.2) is 10.8 Å². The fourth-order valence-electron chi connectivity index (χ4n) is 2.31. The predicted octanol–water partition coefficient (Wildman–Crippen LogP) is 4.04. The van der Waals surface area contributed by atoms with E-state index in [1.807, 2.05) is 0 Å². The fourth-order valence-corrected chi connectivity index (χ4v) is 3.17. The number of nitrogens with zero attached hydrogens (tertiary/aromatic N) is 2. The number of amides is 1. The molecular weight excluding hydrogens is 332 g/mol. The fraction of sp³-hybridized carbons (Fsp3) is 0.562. The van der Waals surface area contributed by atoms with Crippen molar-refractivity contribution < 1.29 is 4.79 Å². The van der Waals surface area contributed by atoms with Crippen molar-refractivity contribution in [2.75, 3.05) is 12.3 Å². The Bertz CT molecular complexity index is 646. The van der Waals surface area contributed by atoms with Gasteiger partial charge in [-0.3, -0.25) is 4.79 Å². The monoisotopic (exact) mass is 354 g/mol. The van der Waals surface area contributed by atoms with E-state index in [1.165, 1.54) is 31.0 Å². The Morgan fingerprint density at radius 3 is 3.04 bits per heavy atom. The highest BCUT2D eigenvalue weighted by molar-refractivity contribution is 7.99. The van der Waals surface area contributed by atoms with Crippen molar-refractivity contribution in [3.05, 3.63) is 17.3 Å². The second-order valence-electron chi connectivity index (χ2n) is 5.58. The van der Waals surface area contributed by atoms with Crippen LogP contribution in [0.3, 0.4) is 0 Å². The molecule has 1 atom stereocenters. The maximum atomic E-state index is 12.0. The summed E-state index contributed by atoms with van der Waals surface area (Å²) >= 11 is 7.27. The lowest BCUT2D eigenvalue weighted by Gasteiger charge is -2.14. The van der Waals surface area contributed by atoms with Gasteiger partial charge in [0.1, 0.15) is 0 Å². The minimum Gasteiger partial charge on any atom is -0.355 e. The number of aromatic amines is 1. The molecule has 0 aromatic carbocycles. The molecule has 0 bridgehead atoms. The van der Waals surface area contributed by atoms with Crippen molar-refractivity contribution in [3.8, 4) is 0 Å². The molecule has 2 rings (SSSR count). The van der Waals surface area contributed by atoms with Crippen LogP contribution >= 0.6 is 23.4 Å². The summed E-state index contributed by atoms with van der Waals surface area (Å²) in [6.07, 6.45) is 6.26. The summed E-state index contributed by atoms with van der Waals surface area (Å²) in [4.78, 5) is 23.6. The van der Waals surface area contributed by atoms with E-state index in [0.29, 0.717) is 27.5 Å². The molecule has 2 heterocycles. The number of hydrogen-bond acceptors (Lipinski definition) is 4. The lowest BCUT2D eigenvalue weighted by atomic mass is 9.99. The van der Waals surface area contributed by atoms with E-state index in [0.717, 1.165) is 18.5 Å². The third-order valence-corrected chi connectivity index (χ3v) is 4.83. The summed E-state index contributed by atoms with van der Waals surface area (Å²) in [6, 6.07) is 1.78. The van der Waals surface area contributed by atoms with Crippen molar-refractivity contribution >= 4 is 40.4 Å². The summed E-state index contributed by atoms with van der Waals surface area (Å²) in [7, 11) is 0. The standard InChI is InChI=1S/C16H23ClN4OS/c1-3-5-6-11(4-2)8-18-14(22)10-23-16-20-13-7-12(17)9-19-15(13)21-16/h7,9,11H,3-6,8,10H2,1-2H3,(H,18,22)(H,19,20,21)/t11-/m0/s1. The van der Waals surface area contributed by atoms with Crippen molar-refractivity contribution in [1.82, 2.24) is 20.3 Å². The molecule has 1 amide bonds. The number of carbonyl (C=O) groups excluding carboxylic acids is 1. The molecule has 0 saturated heterocycles. The molecule has 0 fully saturated rings. The molecule has 0 aliphatic rings. The smallest absolute Gasteiger partial charge is 0.230 e. The first-order valence-corrected chi connectivity index (χ1v) is 9.39. The number of aromatic nitrogens is 3. The number of pyridine rings is 1. The van der Waals surface area contributed by atoms with E-state index >= 15 is 0 Å². The first kappa shape index (κ1) is 18.1. The molecule has 0 saturated carbocycles. The van der Waals surface area contributed by atoms with Crippen LogP contribution in [-0.4, -0.2) is 33.2 Å². The van der Waals surface area contributed by atoms with E-state index in [4.69, 9.17) is 11.6 Å². The summed E-state index contributed by atoms with van der Waals surface area (Å²) < 4.78 is 0. The Morgan fingerprint density at radius 1 is 1.48 bits per heavy atom. The molecule has 0 unspecified atom stereocenters. The minimum absolute atomic E-state index is 0.0383. The van der Waals surface area contributed by atoms with Gasteiger partial charge in [-0.25, -0.2) is 9.97 Å². The topological polar surface area (TPSA) is 70.7 Å². The van der Waals surface area contributed by atoms with Gasteiger partial charge in [0, 0.05) is 12.7 Å². The summed E-state index contributed by atoms with van der Waals surface area (Å²) in [6.45, 7) is 5.12. The van der Waals surface area contributed by atoms with Gasteiger partial charge in [-0.05, 0) is 18.4 Å². The maximum absolute atomic E-state index is 12.0. The lowest BCUT2D eigenvalue weighted by Crippen LogP contribution is -2.30. The SMILES string of the molecule is CCCC[C@H](CC)CNC(=O)CSc1nc2ncc(Cl)cc2[nH]1. The second-order valence-corrected chi connectivity index (χ2v) is 6.98. The summed E-state index contributed by atoms with van der Waals surface area (Å²) in [5.74, 6) is 0.954. The highest BCUT2D eigenvalue weighted by atomic mass is 35.5. The highest BCUT2D eigenvalue weighted by Gasteiger charge is 2.10. The zero-order valence-electron chi connectivity index (χ0n) is 13.6. The molecule has 2 N–H and O–H groups in total. The predicted molar refractivity (Wildman–Crippen MR) is 95.9 cm³/mol. The number of halogens is 1. The van der Waals surface area contributed by atoms with Gasteiger partial charge >= 0.3 is 0 Å².